The lowest BCUT2D eigenvalue weighted by Crippen LogP contribution is -1.96. The zero-order valence-electron chi connectivity index (χ0n) is 10.3. The summed E-state index contributed by atoms with van der Waals surface area (Å²) in [6.45, 7) is 2.26. The van der Waals surface area contributed by atoms with E-state index in [-0.39, 0.29) is 5.69 Å². The van der Waals surface area contributed by atoms with E-state index in [0.717, 1.165) is 11.1 Å². The van der Waals surface area contributed by atoms with Crippen LogP contribution in [0.15, 0.2) is 42.5 Å². The normalized spacial score (nSPS) is 10.2. The second kappa shape index (κ2) is 5.71. The zero-order chi connectivity index (χ0) is 13.8. The van der Waals surface area contributed by atoms with Crippen molar-refractivity contribution in [3.05, 3.63) is 68.7 Å². The van der Waals surface area contributed by atoms with E-state index in [1.54, 1.807) is 18.2 Å². The van der Waals surface area contributed by atoms with Crippen LogP contribution in [0.1, 0.15) is 11.1 Å². The highest BCUT2D eigenvalue weighted by Gasteiger charge is 2.04. The van der Waals surface area contributed by atoms with E-state index in [0.29, 0.717) is 17.4 Å². The Morgan fingerprint density at radius 3 is 2.47 bits per heavy atom. The van der Waals surface area contributed by atoms with Crippen molar-refractivity contribution in [1.82, 2.24) is 0 Å². The Hall–Kier alpha value is -2.07. The predicted molar refractivity (Wildman–Crippen MR) is 73.6 cm³/mol. The number of nitro benzene ring substituents is 1. The summed E-state index contributed by atoms with van der Waals surface area (Å²) in [7, 11) is 0. The molecular formula is C14H12ClNO3. The van der Waals surface area contributed by atoms with E-state index >= 15 is 0 Å². The molecule has 5 heteroatoms. The van der Waals surface area contributed by atoms with Gasteiger partial charge in [-0.25, -0.2) is 0 Å². The molecule has 0 saturated heterocycles. The molecule has 0 N–H and O–H groups in total. The Balaban J connectivity index is 2.01. The monoisotopic (exact) mass is 277 g/mol. The van der Waals surface area contributed by atoms with Crippen molar-refractivity contribution in [2.45, 2.75) is 13.5 Å². The number of hydrogen-bond acceptors (Lipinski definition) is 3. The summed E-state index contributed by atoms with van der Waals surface area (Å²) in [5.74, 6) is 0.675. The number of ether oxygens (including phenoxy) is 1. The third-order valence-corrected chi connectivity index (χ3v) is 3.10. The standard InChI is InChI=1S/C14H12ClNO3/c1-10-2-7-13(8-14(10)15)19-9-11-3-5-12(6-4-11)16(17)18/h2-8H,9H2,1H3. The van der Waals surface area contributed by atoms with Crippen LogP contribution in [0.3, 0.4) is 0 Å². The number of nitro groups is 1. The predicted octanol–water partition coefficient (Wildman–Crippen LogP) is 4.14. The van der Waals surface area contributed by atoms with Crippen molar-refractivity contribution >= 4 is 17.3 Å². The van der Waals surface area contributed by atoms with Crippen molar-refractivity contribution in [2.75, 3.05) is 0 Å². The molecule has 2 aromatic rings. The molecule has 0 aromatic heterocycles. The summed E-state index contributed by atoms with van der Waals surface area (Å²) in [5.41, 5.74) is 1.92. The van der Waals surface area contributed by atoms with Crippen LogP contribution in [0.4, 0.5) is 5.69 Å². The summed E-state index contributed by atoms with van der Waals surface area (Å²) in [6, 6.07) is 11.7. The molecule has 2 aromatic carbocycles. The van der Waals surface area contributed by atoms with Crippen molar-refractivity contribution in [3.8, 4) is 5.75 Å². The number of halogens is 1. The molecule has 0 bridgehead atoms. The first-order valence-electron chi connectivity index (χ1n) is 5.68. The SMILES string of the molecule is Cc1ccc(OCc2ccc([N+](=O)[O-])cc2)cc1Cl. The van der Waals surface area contributed by atoms with Crippen LogP contribution in [0.2, 0.25) is 5.02 Å². The van der Waals surface area contributed by atoms with Crippen LogP contribution < -0.4 is 4.74 Å². The second-order valence-corrected chi connectivity index (χ2v) is 4.53. The molecule has 0 heterocycles. The van der Waals surface area contributed by atoms with E-state index in [1.807, 2.05) is 19.1 Å². The fraction of sp³-hybridized carbons (Fsp3) is 0.143. The fourth-order valence-corrected chi connectivity index (χ4v) is 1.71. The summed E-state index contributed by atoms with van der Waals surface area (Å²) >= 11 is 6.00. The molecule has 98 valence electrons. The molecule has 0 spiro atoms. The fourth-order valence-electron chi connectivity index (χ4n) is 1.54. The summed E-state index contributed by atoms with van der Waals surface area (Å²) in [4.78, 5) is 10.1. The molecule has 0 unspecified atom stereocenters. The Morgan fingerprint density at radius 1 is 1.21 bits per heavy atom. The molecule has 2 rings (SSSR count). The first-order valence-corrected chi connectivity index (χ1v) is 6.06. The Bertz CT molecular complexity index is 596. The van der Waals surface area contributed by atoms with Gasteiger partial charge < -0.3 is 4.74 Å². The van der Waals surface area contributed by atoms with Gasteiger partial charge in [0.15, 0.2) is 0 Å². The summed E-state index contributed by atoms with van der Waals surface area (Å²) < 4.78 is 5.57. The largest absolute Gasteiger partial charge is 0.489 e. The zero-order valence-corrected chi connectivity index (χ0v) is 11.1. The minimum Gasteiger partial charge on any atom is -0.489 e. The van der Waals surface area contributed by atoms with Crippen LogP contribution in [0.5, 0.6) is 5.75 Å². The van der Waals surface area contributed by atoms with E-state index < -0.39 is 4.92 Å². The summed E-state index contributed by atoms with van der Waals surface area (Å²) in [5, 5.41) is 11.2. The molecule has 0 amide bonds. The number of nitrogens with zero attached hydrogens (tertiary/aromatic N) is 1. The third kappa shape index (κ3) is 3.45. The van der Waals surface area contributed by atoms with Gasteiger partial charge in [0.2, 0.25) is 0 Å². The molecule has 0 saturated carbocycles. The maximum atomic E-state index is 10.5. The Labute approximate surface area is 115 Å². The topological polar surface area (TPSA) is 52.4 Å². The van der Waals surface area contributed by atoms with Gasteiger partial charge >= 0.3 is 0 Å². The molecule has 0 atom stereocenters. The van der Waals surface area contributed by atoms with Crippen LogP contribution >= 0.6 is 11.6 Å². The summed E-state index contributed by atoms with van der Waals surface area (Å²) in [6.07, 6.45) is 0. The van der Waals surface area contributed by atoms with Crippen molar-refractivity contribution in [3.63, 3.8) is 0 Å². The van der Waals surface area contributed by atoms with Gasteiger partial charge in [0.1, 0.15) is 12.4 Å². The lowest BCUT2D eigenvalue weighted by molar-refractivity contribution is -0.384. The highest BCUT2D eigenvalue weighted by molar-refractivity contribution is 6.31. The highest BCUT2D eigenvalue weighted by atomic mass is 35.5. The smallest absolute Gasteiger partial charge is 0.269 e. The van der Waals surface area contributed by atoms with Gasteiger partial charge in [-0.2, -0.15) is 0 Å². The number of non-ortho nitro benzene ring substituents is 1. The van der Waals surface area contributed by atoms with Crippen LogP contribution in [0, 0.1) is 17.0 Å². The first-order chi connectivity index (χ1) is 9.06. The molecule has 0 aliphatic rings. The lowest BCUT2D eigenvalue weighted by Gasteiger charge is -2.07. The van der Waals surface area contributed by atoms with Crippen molar-refractivity contribution in [1.29, 1.82) is 0 Å². The van der Waals surface area contributed by atoms with Crippen LogP contribution in [-0.2, 0) is 6.61 Å². The van der Waals surface area contributed by atoms with Crippen molar-refractivity contribution < 1.29 is 9.66 Å². The highest BCUT2D eigenvalue weighted by Crippen LogP contribution is 2.22. The lowest BCUT2D eigenvalue weighted by atomic mass is 10.2. The number of aryl methyl sites for hydroxylation is 1. The molecule has 0 fully saturated rings. The maximum Gasteiger partial charge on any atom is 0.269 e. The van der Waals surface area contributed by atoms with Crippen molar-refractivity contribution in [2.24, 2.45) is 0 Å². The maximum absolute atomic E-state index is 10.5. The molecule has 0 aliphatic heterocycles. The van der Waals surface area contributed by atoms with Gasteiger partial charge in [0.05, 0.1) is 4.92 Å². The minimum absolute atomic E-state index is 0.0714. The molecule has 0 radical (unpaired) electrons. The van der Waals surface area contributed by atoms with E-state index in [9.17, 15) is 10.1 Å². The van der Waals surface area contributed by atoms with E-state index in [1.165, 1.54) is 12.1 Å². The third-order valence-electron chi connectivity index (χ3n) is 2.70. The molecule has 0 aliphatic carbocycles. The van der Waals surface area contributed by atoms with Gasteiger partial charge in [-0.15, -0.1) is 0 Å². The average Bonchev–Trinajstić information content (AvgIpc) is 2.40. The van der Waals surface area contributed by atoms with E-state index in [4.69, 9.17) is 16.3 Å². The average molecular weight is 278 g/mol. The van der Waals surface area contributed by atoms with Gasteiger partial charge in [-0.3, -0.25) is 10.1 Å². The number of rotatable bonds is 4. The quantitative estimate of drug-likeness (QED) is 0.623. The van der Waals surface area contributed by atoms with E-state index in [2.05, 4.69) is 0 Å². The molecule has 19 heavy (non-hydrogen) atoms. The Kier molecular flexibility index (Phi) is 4.02. The molecule has 4 nitrogen and oxygen atoms in total. The number of benzene rings is 2. The molecular weight excluding hydrogens is 266 g/mol. The van der Waals surface area contributed by atoms with Crippen LogP contribution in [-0.4, -0.2) is 4.92 Å². The second-order valence-electron chi connectivity index (χ2n) is 4.12. The minimum atomic E-state index is -0.426. The van der Waals surface area contributed by atoms with Gasteiger partial charge in [-0.05, 0) is 42.3 Å². The first kappa shape index (κ1) is 13.4. The van der Waals surface area contributed by atoms with Gasteiger partial charge in [0.25, 0.3) is 5.69 Å². The number of hydrogen-bond donors (Lipinski definition) is 0. The van der Waals surface area contributed by atoms with Gasteiger partial charge in [0, 0.05) is 17.2 Å². The Morgan fingerprint density at radius 2 is 1.89 bits per heavy atom. The van der Waals surface area contributed by atoms with Crippen LogP contribution in [0.25, 0.3) is 0 Å². The van der Waals surface area contributed by atoms with Gasteiger partial charge in [-0.1, -0.05) is 17.7 Å².